The van der Waals surface area contributed by atoms with Crippen LogP contribution < -0.4 is 10.6 Å². The zero-order valence-electron chi connectivity index (χ0n) is 14.8. The zero-order valence-corrected chi connectivity index (χ0v) is 15.7. The molecule has 27 heavy (non-hydrogen) atoms. The van der Waals surface area contributed by atoms with Gasteiger partial charge in [0.25, 0.3) is 5.89 Å². The number of piperazine rings is 1. The van der Waals surface area contributed by atoms with Crippen molar-refractivity contribution in [3.05, 3.63) is 35.7 Å². The van der Waals surface area contributed by atoms with Crippen LogP contribution in [0.15, 0.2) is 28.8 Å². The van der Waals surface area contributed by atoms with E-state index >= 15 is 0 Å². The van der Waals surface area contributed by atoms with Gasteiger partial charge in [-0.3, -0.25) is 14.6 Å². The maximum absolute atomic E-state index is 11.7. The predicted molar refractivity (Wildman–Crippen MR) is 99.2 cm³/mol. The topological polar surface area (TPSA) is 104 Å². The summed E-state index contributed by atoms with van der Waals surface area (Å²) < 4.78 is 5.42. The van der Waals surface area contributed by atoms with Crippen LogP contribution in [0, 0.1) is 0 Å². The highest BCUT2D eigenvalue weighted by Gasteiger charge is 2.28. The van der Waals surface area contributed by atoms with E-state index in [1.165, 1.54) is 4.90 Å². The molecule has 2 saturated heterocycles. The number of carbonyl (C=O) groups excluding carboxylic acids is 2. The molecular formula is C17H21ClN6O3. The molecular weight excluding hydrogens is 372 g/mol. The van der Waals surface area contributed by atoms with E-state index in [0.29, 0.717) is 11.7 Å². The molecule has 0 spiro atoms. The summed E-state index contributed by atoms with van der Waals surface area (Å²) in [6.07, 6.45) is 0. The van der Waals surface area contributed by atoms with Gasteiger partial charge in [0.05, 0.1) is 19.1 Å². The number of nitrogens with zero attached hydrogens (tertiary/aromatic N) is 4. The fourth-order valence-corrected chi connectivity index (χ4v) is 3.13. The minimum absolute atomic E-state index is 0. The van der Waals surface area contributed by atoms with Gasteiger partial charge in [-0.2, -0.15) is 4.98 Å². The predicted octanol–water partition coefficient (Wildman–Crippen LogP) is 0.786. The number of nitrogens with one attached hydrogen (secondary N) is 2. The van der Waals surface area contributed by atoms with Crippen LogP contribution in [0.25, 0.3) is 11.5 Å². The van der Waals surface area contributed by atoms with E-state index in [9.17, 15) is 9.59 Å². The summed E-state index contributed by atoms with van der Waals surface area (Å²) in [5.74, 6) is 0.907. The number of likely N-dealkylation sites (N-methyl/N-ethyl adjacent to an activating group) is 1. The third-order valence-corrected chi connectivity index (χ3v) is 4.73. The van der Waals surface area contributed by atoms with E-state index in [1.807, 2.05) is 31.3 Å². The molecule has 2 aliphatic heterocycles. The van der Waals surface area contributed by atoms with Crippen LogP contribution in [0.5, 0.6) is 0 Å². The van der Waals surface area contributed by atoms with E-state index in [4.69, 9.17) is 4.52 Å². The summed E-state index contributed by atoms with van der Waals surface area (Å²) in [5.41, 5.74) is 1.66. The summed E-state index contributed by atoms with van der Waals surface area (Å²) in [5, 5.41) is 9.96. The van der Waals surface area contributed by atoms with Crippen LogP contribution in [0.3, 0.4) is 0 Å². The Hall–Kier alpha value is -2.49. The van der Waals surface area contributed by atoms with Gasteiger partial charge in [-0.25, -0.2) is 4.79 Å². The number of carbonyl (C=O) groups is 2. The van der Waals surface area contributed by atoms with Gasteiger partial charge < -0.3 is 15.2 Å². The van der Waals surface area contributed by atoms with Crippen molar-refractivity contribution in [3.63, 3.8) is 0 Å². The monoisotopic (exact) mass is 392 g/mol. The van der Waals surface area contributed by atoms with Gasteiger partial charge in [0.15, 0.2) is 5.82 Å². The second-order valence-corrected chi connectivity index (χ2v) is 6.49. The smallest absolute Gasteiger partial charge is 0.324 e. The lowest BCUT2D eigenvalue weighted by molar-refractivity contribution is -0.125. The molecule has 3 amide bonds. The Labute approximate surface area is 162 Å². The fourth-order valence-electron chi connectivity index (χ4n) is 3.13. The minimum Gasteiger partial charge on any atom is -0.334 e. The average Bonchev–Trinajstić information content (AvgIpc) is 3.25. The van der Waals surface area contributed by atoms with Gasteiger partial charge in [0.1, 0.15) is 0 Å². The normalized spacial score (nSPS) is 20.5. The van der Waals surface area contributed by atoms with Crippen LogP contribution in [-0.2, 0) is 11.3 Å². The second-order valence-electron chi connectivity index (χ2n) is 6.49. The molecule has 0 saturated carbocycles. The lowest BCUT2D eigenvalue weighted by Gasteiger charge is -2.30. The highest BCUT2D eigenvalue weighted by molar-refractivity contribution is 6.01. The van der Waals surface area contributed by atoms with Crippen LogP contribution in [0.1, 0.15) is 17.4 Å². The van der Waals surface area contributed by atoms with Crippen molar-refractivity contribution in [2.24, 2.45) is 0 Å². The molecule has 1 atom stereocenters. The van der Waals surface area contributed by atoms with Crippen molar-refractivity contribution >= 4 is 24.3 Å². The summed E-state index contributed by atoms with van der Waals surface area (Å²) in [7, 11) is 2.05. The number of hydrogen-bond donors (Lipinski definition) is 2. The van der Waals surface area contributed by atoms with Gasteiger partial charge in [-0.1, -0.05) is 17.3 Å². The molecule has 1 aromatic carbocycles. The van der Waals surface area contributed by atoms with E-state index in [-0.39, 0.29) is 43.5 Å². The van der Waals surface area contributed by atoms with E-state index in [1.54, 1.807) is 0 Å². The Morgan fingerprint density at radius 1 is 1.26 bits per heavy atom. The number of rotatable bonds is 4. The molecule has 2 N–H and O–H groups in total. The number of aromatic nitrogens is 2. The molecule has 1 unspecified atom stereocenters. The number of imide groups is 1. The Kier molecular flexibility index (Phi) is 5.73. The first kappa shape index (κ1) is 19.3. The third kappa shape index (κ3) is 3.95. The van der Waals surface area contributed by atoms with Gasteiger partial charge in [-0.15, -0.1) is 12.4 Å². The third-order valence-electron chi connectivity index (χ3n) is 4.73. The van der Waals surface area contributed by atoms with Gasteiger partial charge in [0, 0.05) is 25.2 Å². The highest BCUT2D eigenvalue weighted by atomic mass is 35.5. The molecule has 144 valence electrons. The lowest BCUT2D eigenvalue weighted by atomic mass is 10.1. The lowest BCUT2D eigenvalue weighted by Crippen LogP contribution is -2.44. The number of hydrogen-bond acceptors (Lipinski definition) is 7. The first-order valence-electron chi connectivity index (χ1n) is 8.54. The van der Waals surface area contributed by atoms with Crippen LogP contribution in [0.4, 0.5) is 4.79 Å². The molecule has 0 radical (unpaired) electrons. The number of amides is 3. The van der Waals surface area contributed by atoms with Crippen molar-refractivity contribution in [2.75, 3.05) is 33.2 Å². The van der Waals surface area contributed by atoms with Gasteiger partial charge >= 0.3 is 6.03 Å². The highest BCUT2D eigenvalue weighted by Crippen LogP contribution is 2.23. The largest absolute Gasteiger partial charge is 0.334 e. The molecule has 2 aliphatic rings. The van der Waals surface area contributed by atoms with Crippen molar-refractivity contribution < 1.29 is 14.1 Å². The van der Waals surface area contributed by atoms with Crippen molar-refractivity contribution in [3.8, 4) is 11.5 Å². The number of halogens is 1. The molecule has 2 fully saturated rings. The molecule has 10 heteroatoms. The average molecular weight is 393 g/mol. The Morgan fingerprint density at radius 2 is 2.04 bits per heavy atom. The molecule has 0 bridgehead atoms. The second kappa shape index (κ2) is 8.03. The first-order valence-corrected chi connectivity index (χ1v) is 8.54. The Balaban J connectivity index is 0.00000210. The molecule has 0 aliphatic carbocycles. The standard InChI is InChI=1S/C17H20N6O3.ClH/c1-22-7-6-18-8-13(22)15-20-16(26-21-15)12-4-2-11(3-5-12)10-23-14(24)9-19-17(23)25;/h2-5,13,18H,6-10H2,1H3,(H,19,25);1H. The minimum atomic E-state index is -0.356. The van der Waals surface area contributed by atoms with Crippen molar-refractivity contribution in [1.29, 1.82) is 0 Å². The quantitative estimate of drug-likeness (QED) is 0.741. The fraction of sp³-hybridized carbons (Fsp3) is 0.412. The van der Waals surface area contributed by atoms with E-state index < -0.39 is 0 Å². The zero-order chi connectivity index (χ0) is 18.1. The van der Waals surface area contributed by atoms with Crippen LogP contribution in [-0.4, -0.2) is 65.1 Å². The Morgan fingerprint density at radius 3 is 2.70 bits per heavy atom. The van der Waals surface area contributed by atoms with Gasteiger partial charge in [0.2, 0.25) is 5.91 Å². The summed E-state index contributed by atoms with van der Waals surface area (Å²) >= 11 is 0. The van der Waals surface area contributed by atoms with Crippen LogP contribution in [0.2, 0.25) is 0 Å². The van der Waals surface area contributed by atoms with E-state index in [2.05, 4.69) is 25.7 Å². The molecule has 9 nitrogen and oxygen atoms in total. The number of benzene rings is 1. The summed E-state index contributed by atoms with van der Waals surface area (Å²) in [6, 6.07) is 7.16. The Bertz CT molecular complexity index is 808. The van der Waals surface area contributed by atoms with Crippen molar-refractivity contribution in [2.45, 2.75) is 12.6 Å². The maximum Gasteiger partial charge on any atom is 0.324 e. The first-order chi connectivity index (χ1) is 12.6. The molecule has 1 aromatic heterocycles. The van der Waals surface area contributed by atoms with Crippen LogP contribution >= 0.6 is 12.4 Å². The van der Waals surface area contributed by atoms with Gasteiger partial charge in [-0.05, 0) is 24.7 Å². The number of urea groups is 1. The molecule has 2 aromatic rings. The SMILES string of the molecule is CN1CCNCC1c1noc(-c2ccc(CN3C(=O)CNC3=O)cc2)n1.Cl. The molecule has 4 rings (SSSR count). The summed E-state index contributed by atoms with van der Waals surface area (Å²) in [4.78, 5) is 31.2. The van der Waals surface area contributed by atoms with E-state index in [0.717, 1.165) is 30.8 Å². The maximum atomic E-state index is 11.7. The van der Waals surface area contributed by atoms with Crippen molar-refractivity contribution in [1.82, 2.24) is 30.6 Å². The molecule has 3 heterocycles. The summed E-state index contributed by atoms with van der Waals surface area (Å²) in [6.45, 7) is 2.99.